The van der Waals surface area contributed by atoms with Crippen molar-refractivity contribution in [2.24, 2.45) is 0 Å². The van der Waals surface area contributed by atoms with Crippen LogP contribution in [0.25, 0.3) is 0 Å². The summed E-state index contributed by atoms with van der Waals surface area (Å²) in [5.74, 6) is 0.318. The summed E-state index contributed by atoms with van der Waals surface area (Å²) in [6.07, 6.45) is -0.160. The summed E-state index contributed by atoms with van der Waals surface area (Å²) in [6, 6.07) is 22.3. The van der Waals surface area contributed by atoms with Crippen LogP contribution < -0.4 is 14.8 Å². The third kappa shape index (κ3) is 5.61. The first kappa shape index (κ1) is 21.4. The first-order valence-corrected chi connectivity index (χ1v) is 11.1. The molecule has 0 saturated heterocycles. The van der Waals surface area contributed by atoms with Crippen LogP contribution in [0.2, 0.25) is 0 Å². The summed E-state index contributed by atoms with van der Waals surface area (Å²) in [6.45, 7) is 3.75. The van der Waals surface area contributed by atoms with E-state index in [9.17, 15) is 13.2 Å². The minimum Gasteiger partial charge on any atom is -0.481 e. The van der Waals surface area contributed by atoms with Gasteiger partial charge in [-0.15, -0.1) is 0 Å². The average Bonchev–Trinajstić information content (AvgIpc) is 2.73. The lowest BCUT2D eigenvalue weighted by Gasteiger charge is -2.17. The van der Waals surface area contributed by atoms with Crippen LogP contribution >= 0.6 is 0 Å². The Balaban J connectivity index is 1.66. The summed E-state index contributed by atoms with van der Waals surface area (Å²) >= 11 is 0. The number of nitrogens with one attached hydrogen (secondary N) is 2. The monoisotopic (exact) mass is 424 g/mol. The number of benzene rings is 3. The van der Waals surface area contributed by atoms with Gasteiger partial charge in [-0.1, -0.05) is 37.3 Å². The highest BCUT2D eigenvalue weighted by Crippen LogP contribution is 2.20. The minimum absolute atomic E-state index is 0.106. The highest BCUT2D eigenvalue weighted by Gasteiger charge is 2.19. The van der Waals surface area contributed by atoms with Crippen LogP contribution in [0.1, 0.15) is 18.9 Å². The van der Waals surface area contributed by atoms with E-state index < -0.39 is 16.1 Å². The molecule has 6 nitrogen and oxygen atoms in total. The van der Waals surface area contributed by atoms with Gasteiger partial charge in [0.15, 0.2) is 6.10 Å². The molecular formula is C23H24N2O4S. The fourth-order valence-electron chi connectivity index (χ4n) is 2.85. The zero-order valence-corrected chi connectivity index (χ0v) is 17.6. The van der Waals surface area contributed by atoms with Crippen molar-refractivity contribution in [2.45, 2.75) is 31.3 Å². The number of hydrogen-bond acceptors (Lipinski definition) is 4. The van der Waals surface area contributed by atoms with Crippen LogP contribution in [0, 0.1) is 6.92 Å². The van der Waals surface area contributed by atoms with Gasteiger partial charge in [0.1, 0.15) is 5.75 Å². The number of amides is 1. The second kappa shape index (κ2) is 9.45. The Kier molecular flexibility index (Phi) is 6.74. The maximum absolute atomic E-state index is 12.6. The van der Waals surface area contributed by atoms with Crippen LogP contribution in [0.3, 0.4) is 0 Å². The fourth-order valence-corrected chi connectivity index (χ4v) is 3.90. The Morgan fingerprint density at radius 2 is 1.63 bits per heavy atom. The molecule has 156 valence electrons. The van der Waals surface area contributed by atoms with E-state index in [-0.39, 0.29) is 10.8 Å². The lowest BCUT2D eigenvalue weighted by Crippen LogP contribution is -2.32. The second-order valence-corrected chi connectivity index (χ2v) is 8.50. The van der Waals surface area contributed by atoms with Crippen molar-refractivity contribution in [1.29, 1.82) is 0 Å². The van der Waals surface area contributed by atoms with Crippen molar-refractivity contribution >= 4 is 27.3 Å². The summed E-state index contributed by atoms with van der Waals surface area (Å²) in [4.78, 5) is 12.6. The molecule has 3 aromatic rings. The largest absolute Gasteiger partial charge is 0.481 e. The molecule has 3 rings (SSSR count). The van der Waals surface area contributed by atoms with Gasteiger partial charge in [0.05, 0.1) is 4.90 Å². The van der Waals surface area contributed by atoms with E-state index in [2.05, 4.69) is 10.0 Å². The Bertz CT molecular complexity index is 1100. The number of ether oxygens (including phenoxy) is 1. The molecule has 0 aromatic heterocycles. The quantitative estimate of drug-likeness (QED) is 0.554. The van der Waals surface area contributed by atoms with Gasteiger partial charge in [0.25, 0.3) is 15.9 Å². The van der Waals surface area contributed by atoms with Crippen LogP contribution in [0.5, 0.6) is 5.75 Å². The Morgan fingerprint density at radius 3 is 2.27 bits per heavy atom. The molecule has 0 spiro atoms. The molecule has 0 aliphatic carbocycles. The second-order valence-electron chi connectivity index (χ2n) is 6.82. The molecule has 0 saturated carbocycles. The number of hydrogen-bond donors (Lipinski definition) is 2. The molecule has 3 aromatic carbocycles. The van der Waals surface area contributed by atoms with Crippen LogP contribution in [0.15, 0.2) is 83.8 Å². The number of carbonyl (C=O) groups is 1. The van der Waals surface area contributed by atoms with Gasteiger partial charge in [-0.05, 0) is 67.4 Å². The van der Waals surface area contributed by atoms with Gasteiger partial charge in [0.2, 0.25) is 0 Å². The van der Waals surface area contributed by atoms with Gasteiger partial charge in [-0.25, -0.2) is 8.42 Å². The highest BCUT2D eigenvalue weighted by atomic mass is 32.2. The highest BCUT2D eigenvalue weighted by molar-refractivity contribution is 7.92. The molecule has 0 unspecified atom stereocenters. The third-order valence-electron chi connectivity index (χ3n) is 4.39. The van der Waals surface area contributed by atoms with Gasteiger partial charge in [-0.3, -0.25) is 9.52 Å². The zero-order chi connectivity index (χ0) is 21.6. The fraction of sp³-hybridized carbons (Fsp3) is 0.174. The molecule has 0 aliphatic heterocycles. The maximum Gasteiger partial charge on any atom is 0.265 e. The van der Waals surface area contributed by atoms with E-state index in [1.165, 1.54) is 12.1 Å². The Labute approximate surface area is 177 Å². The molecule has 0 fully saturated rings. The number of carbonyl (C=O) groups excluding carboxylic acids is 1. The third-order valence-corrected chi connectivity index (χ3v) is 5.78. The number of anilines is 2. The minimum atomic E-state index is -3.72. The number of sulfonamides is 1. The lowest BCUT2D eigenvalue weighted by molar-refractivity contribution is -0.122. The molecule has 0 bridgehead atoms. The lowest BCUT2D eigenvalue weighted by atomic mass is 10.2. The van der Waals surface area contributed by atoms with E-state index in [0.29, 0.717) is 23.5 Å². The van der Waals surface area contributed by atoms with E-state index in [1.807, 2.05) is 38.1 Å². The molecular weight excluding hydrogens is 400 g/mol. The molecule has 0 aliphatic rings. The number of aryl methyl sites for hydroxylation is 1. The maximum atomic E-state index is 12.6. The predicted octanol–water partition coefficient (Wildman–Crippen LogP) is 4.59. The molecule has 7 heteroatoms. The zero-order valence-electron chi connectivity index (χ0n) is 16.8. The number of rotatable bonds is 8. The standard InChI is InChI=1S/C23H24N2O4S/c1-3-22(29-20-10-5-4-6-11-20)23(26)24-18-12-14-21(15-13-18)30(27,28)25-19-9-7-8-17(2)16-19/h4-16,22,25H,3H2,1-2H3,(H,24,26)/t22-/m1/s1. The molecule has 0 radical (unpaired) electrons. The van der Waals surface area contributed by atoms with Crippen molar-refractivity contribution in [2.75, 3.05) is 10.0 Å². The molecule has 2 N–H and O–H groups in total. The van der Waals surface area contributed by atoms with Gasteiger partial charge < -0.3 is 10.1 Å². The predicted molar refractivity (Wildman–Crippen MR) is 118 cm³/mol. The summed E-state index contributed by atoms with van der Waals surface area (Å²) in [7, 11) is -3.72. The number of para-hydroxylation sites is 1. The van der Waals surface area contributed by atoms with Crippen molar-refractivity contribution in [3.63, 3.8) is 0 Å². The summed E-state index contributed by atoms with van der Waals surface area (Å²) in [5, 5.41) is 2.77. The molecule has 1 amide bonds. The molecule has 0 heterocycles. The molecule has 1 atom stereocenters. The van der Waals surface area contributed by atoms with Crippen LogP contribution in [0.4, 0.5) is 11.4 Å². The van der Waals surface area contributed by atoms with E-state index in [0.717, 1.165) is 5.56 Å². The van der Waals surface area contributed by atoms with Crippen LogP contribution in [-0.2, 0) is 14.8 Å². The smallest absolute Gasteiger partial charge is 0.265 e. The van der Waals surface area contributed by atoms with E-state index in [1.54, 1.807) is 42.5 Å². The SMILES string of the molecule is CC[C@@H](Oc1ccccc1)C(=O)Nc1ccc(S(=O)(=O)Nc2cccc(C)c2)cc1. The van der Waals surface area contributed by atoms with Gasteiger partial charge in [-0.2, -0.15) is 0 Å². The van der Waals surface area contributed by atoms with Crippen molar-refractivity contribution in [1.82, 2.24) is 0 Å². The first-order valence-electron chi connectivity index (χ1n) is 9.59. The first-order chi connectivity index (χ1) is 14.4. The Morgan fingerprint density at radius 1 is 0.933 bits per heavy atom. The van der Waals surface area contributed by atoms with Crippen LogP contribution in [-0.4, -0.2) is 20.4 Å². The van der Waals surface area contributed by atoms with Crippen molar-refractivity contribution in [3.05, 3.63) is 84.4 Å². The topological polar surface area (TPSA) is 84.5 Å². The van der Waals surface area contributed by atoms with E-state index >= 15 is 0 Å². The van der Waals surface area contributed by atoms with Crippen molar-refractivity contribution < 1.29 is 17.9 Å². The van der Waals surface area contributed by atoms with E-state index in [4.69, 9.17) is 4.74 Å². The van der Waals surface area contributed by atoms with Crippen molar-refractivity contribution in [3.8, 4) is 5.75 Å². The normalized spacial score (nSPS) is 12.1. The Hall–Kier alpha value is -3.32. The molecule has 30 heavy (non-hydrogen) atoms. The average molecular weight is 425 g/mol. The summed E-state index contributed by atoms with van der Waals surface area (Å²) in [5.41, 5.74) is 1.94. The summed E-state index contributed by atoms with van der Waals surface area (Å²) < 4.78 is 33.5. The van der Waals surface area contributed by atoms with Gasteiger partial charge in [0, 0.05) is 11.4 Å². The van der Waals surface area contributed by atoms with Gasteiger partial charge >= 0.3 is 0 Å².